The van der Waals surface area contributed by atoms with Crippen molar-refractivity contribution >= 4 is 0 Å². The van der Waals surface area contributed by atoms with Crippen LogP contribution in [0, 0.1) is 0 Å². The van der Waals surface area contributed by atoms with E-state index in [2.05, 4.69) is 12.2 Å². The van der Waals surface area contributed by atoms with Gasteiger partial charge in [0.15, 0.2) is 0 Å². The Morgan fingerprint density at radius 3 is 2.57 bits per heavy atom. The molecule has 84 valence electrons. The number of hydrogen-bond donors (Lipinski definition) is 1. The standard InChI is InChI=1S/C11H23NO2/c1-3-12-8-7-11(5-4-6-11)14-10-9-13-2/h12H,3-10H2,1-2H3. The Morgan fingerprint density at radius 1 is 1.29 bits per heavy atom. The molecule has 1 saturated carbocycles. The van der Waals surface area contributed by atoms with E-state index in [1.807, 2.05) is 0 Å². The Kier molecular flexibility index (Phi) is 5.45. The molecule has 1 N–H and O–H groups in total. The lowest BCUT2D eigenvalue weighted by atomic mass is 9.77. The van der Waals surface area contributed by atoms with Gasteiger partial charge >= 0.3 is 0 Å². The van der Waals surface area contributed by atoms with Gasteiger partial charge in [-0.3, -0.25) is 0 Å². The summed E-state index contributed by atoms with van der Waals surface area (Å²) in [5.74, 6) is 0. The average Bonchev–Trinajstić information content (AvgIpc) is 2.13. The van der Waals surface area contributed by atoms with E-state index in [0.29, 0.717) is 6.61 Å². The van der Waals surface area contributed by atoms with E-state index in [4.69, 9.17) is 9.47 Å². The topological polar surface area (TPSA) is 30.5 Å². The third-order valence-corrected chi connectivity index (χ3v) is 2.97. The van der Waals surface area contributed by atoms with Crippen LogP contribution in [0.5, 0.6) is 0 Å². The highest BCUT2D eigenvalue weighted by atomic mass is 16.5. The van der Waals surface area contributed by atoms with Gasteiger partial charge in [0.2, 0.25) is 0 Å². The summed E-state index contributed by atoms with van der Waals surface area (Å²) in [5.41, 5.74) is 0.181. The molecule has 1 aliphatic carbocycles. The average molecular weight is 201 g/mol. The summed E-state index contributed by atoms with van der Waals surface area (Å²) < 4.78 is 10.9. The van der Waals surface area contributed by atoms with Gasteiger partial charge in [-0.2, -0.15) is 0 Å². The van der Waals surface area contributed by atoms with Crippen LogP contribution in [0.25, 0.3) is 0 Å². The molecule has 0 bridgehead atoms. The lowest BCUT2D eigenvalue weighted by Crippen LogP contribution is -2.43. The number of hydrogen-bond acceptors (Lipinski definition) is 3. The molecule has 3 heteroatoms. The molecule has 0 aromatic carbocycles. The minimum absolute atomic E-state index is 0.181. The van der Waals surface area contributed by atoms with Gasteiger partial charge in [0, 0.05) is 7.11 Å². The van der Waals surface area contributed by atoms with Crippen LogP contribution in [0.1, 0.15) is 32.6 Å². The van der Waals surface area contributed by atoms with Crippen LogP contribution < -0.4 is 5.32 Å². The van der Waals surface area contributed by atoms with Crippen molar-refractivity contribution in [3.05, 3.63) is 0 Å². The zero-order valence-electron chi connectivity index (χ0n) is 9.47. The minimum atomic E-state index is 0.181. The van der Waals surface area contributed by atoms with Gasteiger partial charge in [0.05, 0.1) is 18.8 Å². The molecule has 0 atom stereocenters. The third kappa shape index (κ3) is 3.56. The fourth-order valence-corrected chi connectivity index (χ4v) is 1.87. The van der Waals surface area contributed by atoms with Crippen molar-refractivity contribution in [3.63, 3.8) is 0 Å². The maximum absolute atomic E-state index is 5.89. The minimum Gasteiger partial charge on any atom is -0.382 e. The zero-order chi connectivity index (χ0) is 10.3. The molecule has 1 rings (SSSR count). The summed E-state index contributed by atoms with van der Waals surface area (Å²) in [6.45, 7) is 5.71. The highest BCUT2D eigenvalue weighted by Gasteiger charge is 2.37. The lowest BCUT2D eigenvalue weighted by Gasteiger charge is -2.42. The van der Waals surface area contributed by atoms with E-state index in [-0.39, 0.29) is 5.60 Å². The van der Waals surface area contributed by atoms with Crippen molar-refractivity contribution < 1.29 is 9.47 Å². The summed E-state index contributed by atoms with van der Waals surface area (Å²) in [6, 6.07) is 0. The first kappa shape index (κ1) is 12.0. The van der Waals surface area contributed by atoms with E-state index in [1.54, 1.807) is 7.11 Å². The van der Waals surface area contributed by atoms with Crippen molar-refractivity contribution in [1.29, 1.82) is 0 Å². The fraction of sp³-hybridized carbons (Fsp3) is 1.00. The summed E-state index contributed by atoms with van der Waals surface area (Å²) >= 11 is 0. The first-order valence-electron chi connectivity index (χ1n) is 5.66. The molecule has 1 fully saturated rings. The molecule has 3 nitrogen and oxygen atoms in total. The molecule has 0 aromatic heterocycles. The Bertz CT molecular complexity index is 134. The van der Waals surface area contributed by atoms with Crippen LogP contribution in [0.2, 0.25) is 0 Å². The van der Waals surface area contributed by atoms with Crippen LogP contribution in [-0.2, 0) is 9.47 Å². The number of ether oxygens (including phenoxy) is 2. The van der Waals surface area contributed by atoms with Crippen LogP contribution in [-0.4, -0.2) is 39.0 Å². The molecular formula is C11H23NO2. The van der Waals surface area contributed by atoms with Gasteiger partial charge in [-0.25, -0.2) is 0 Å². The Labute approximate surface area is 87.2 Å². The number of methoxy groups -OCH3 is 1. The smallest absolute Gasteiger partial charge is 0.0707 e. The van der Waals surface area contributed by atoms with Crippen LogP contribution in [0.15, 0.2) is 0 Å². The third-order valence-electron chi connectivity index (χ3n) is 2.97. The molecule has 0 aromatic rings. The van der Waals surface area contributed by atoms with Crippen molar-refractivity contribution in [3.8, 4) is 0 Å². The predicted molar refractivity (Wildman–Crippen MR) is 57.6 cm³/mol. The van der Waals surface area contributed by atoms with Gasteiger partial charge in [-0.05, 0) is 38.8 Å². The number of rotatable bonds is 8. The highest BCUT2D eigenvalue weighted by molar-refractivity contribution is 4.90. The van der Waals surface area contributed by atoms with Gasteiger partial charge in [-0.15, -0.1) is 0 Å². The molecule has 0 heterocycles. The van der Waals surface area contributed by atoms with Crippen molar-refractivity contribution in [1.82, 2.24) is 5.32 Å². The molecule has 0 amide bonds. The van der Waals surface area contributed by atoms with E-state index in [0.717, 1.165) is 26.1 Å². The maximum atomic E-state index is 5.89. The molecule has 0 unspecified atom stereocenters. The van der Waals surface area contributed by atoms with E-state index < -0.39 is 0 Å². The van der Waals surface area contributed by atoms with Gasteiger partial charge in [-0.1, -0.05) is 6.92 Å². The first-order valence-corrected chi connectivity index (χ1v) is 5.66. The van der Waals surface area contributed by atoms with E-state index in [1.165, 1.54) is 19.3 Å². The predicted octanol–water partition coefficient (Wildman–Crippen LogP) is 1.57. The van der Waals surface area contributed by atoms with E-state index >= 15 is 0 Å². The van der Waals surface area contributed by atoms with Crippen molar-refractivity contribution in [2.24, 2.45) is 0 Å². The quantitative estimate of drug-likeness (QED) is 0.605. The second-order valence-corrected chi connectivity index (χ2v) is 3.98. The summed E-state index contributed by atoms with van der Waals surface area (Å²) in [5, 5.41) is 3.35. The first-order chi connectivity index (χ1) is 6.83. The summed E-state index contributed by atoms with van der Waals surface area (Å²) in [4.78, 5) is 0. The van der Waals surface area contributed by atoms with Crippen LogP contribution >= 0.6 is 0 Å². The lowest BCUT2D eigenvalue weighted by molar-refractivity contribution is -0.115. The molecule has 0 saturated heterocycles. The molecule has 0 aliphatic heterocycles. The second-order valence-electron chi connectivity index (χ2n) is 3.98. The van der Waals surface area contributed by atoms with Gasteiger partial charge in [0.25, 0.3) is 0 Å². The summed E-state index contributed by atoms with van der Waals surface area (Å²) in [6.07, 6.45) is 4.91. The van der Waals surface area contributed by atoms with E-state index in [9.17, 15) is 0 Å². The van der Waals surface area contributed by atoms with Gasteiger partial charge in [0.1, 0.15) is 0 Å². The molecule has 14 heavy (non-hydrogen) atoms. The molecular weight excluding hydrogens is 178 g/mol. The summed E-state index contributed by atoms with van der Waals surface area (Å²) in [7, 11) is 1.72. The molecule has 0 spiro atoms. The monoisotopic (exact) mass is 201 g/mol. The Morgan fingerprint density at radius 2 is 2.07 bits per heavy atom. The SMILES string of the molecule is CCNCCC1(OCCOC)CCC1. The fourth-order valence-electron chi connectivity index (χ4n) is 1.87. The largest absolute Gasteiger partial charge is 0.382 e. The van der Waals surface area contributed by atoms with Crippen molar-refractivity contribution in [2.45, 2.75) is 38.2 Å². The normalized spacial score (nSPS) is 19.3. The molecule has 1 aliphatic rings. The van der Waals surface area contributed by atoms with Gasteiger partial charge < -0.3 is 14.8 Å². The number of nitrogens with one attached hydrogen (secondary N) is 1. The van der Waals surface area contributed by atoms with Crippen LogP contribution in [0.4, 0.5) is 0 Å². The van der Waals surface area contributed by atoms with Crippen LogP contribution in [0.3, 0.4) is 0 Å². The Balaban J connectivity index is 2.13. The molecule has 0 radical (unpaired) electrons. The Hall–Kier alpha value is -0.120. The van der Waals surface area contributed by atoms with Crippen molar-refractivity contribution in [2.75, 3.05) is 33.4 Å². The maximum Gasteiger partial charge on any atom is 0.0707 e. The second kappa shape index (κ2) is 6.38. The zero-order valence-corrected chi connectivity index (χ0v) is 9.47. The highest BCUT2D eigenvalue weighted by Crippen LogP contribution is 2.38.